The van der Waals surface area contributed by atoms with E-state index in [1.54, 1.807) is 25.1 Å². The van der Waals surface area contributed by atoms with Crippen LogP contribution in [0.2, 0.25) is 0 Å². The monoisotopic (exact) mass is 431 g/mol. The fourth-order valence-electron chi connectivity index (χ4n) is 2.63. The van der Waals surface area contributed by atoms with Gasteiger partial charge in [-0.1, -0.05) is 22.0 Å². The lowest BCUT2D eigenvalue weighted by atomic mass is 10.1. The number of rotatable bonds is 4. The van der Waals surface area contributed by atoms with Crippen LogP contribution in [0, 0.1) is 10.1 Å². The van der Waals surface area contributed by atoms with Gasteiger partial charge < -0.3 is 9.84 Å². The first-order chi connectivity index (χ1) is 12.8. The Morgan fingerprint density at radius 2 is 2.07 bits per heavy atom. The highest BCUT2D eigenvalue weighted by Gasteiger charge is 2.29. The third-order valence-electron chi connectivity index (χ3n) is 3.92. The lowest BCUT2D eigenvalue weighted by molar-refractivity contribution is -0.386. The molecule has 1 amide bonds. The highest BCUT2D eigenvalue weighted by Crippen LogP contribution is 2.38. The van der Waals surface area contributed by atoms with Gasteiger partial charge >= 0.3 is 5.69 Å². The minimum atomic E-state index is -0.717. The average molecular weight is 432 g/mol. The number of hydrogen-bond donors (Lipinski definition) is 1. The molecule has 0 aliphatic carbocycles. The molecule has 1 aliphatic heterocycles. The van der Waals surface area contributed by atoms with Crippen LogP contribution in [0.5, 0.6) is 11.5 Å². The van der Waals surface area contributed by atoms with Gasteiger partial charge in [0.1, 0.15) is 0 Å². The highest BCUT2D eigenvalue weighted by molar-refractivity contribution is 9.10. The molecule has 8 nitrogen and oxygen atoms in total. The van der Waals surface area contributed by atoms with Crippen LogP contribution in [-0.4, -0.2) is 28.8 Å². The van der Waals surface area contributed by atoms with E-state index in [9.17, 15) is 20.0 Å². The van der Waals surface area contributed by atoms with Crippen LogP contribution >= 0.6 is 15.9 Å². The van der Waals surface area contributed by atoms with E-state index in [0.29, 0.717) is 17.0 Å². The molecule has 0 bridgehead atoms. The molecule has 0 saturated heterocycles. The maximum atomic E-state index is 12.8. The second-order valence-corrected chi connectivity index (χ2v) is 6.60. The number of nitro groups is 1. The normalized spacial score (nSPS) is 15.2. The number of methoxy groups -OCH3 is 1. The van der Waals surface area contributed by atoms with Crippen LogP contribution in [0.25, 0.3) is 6.08 Å². The third-order valence-corrected chi connectivity index (χ3v) is 4.41. The molecule has 0 unspecified atom stereocenters. The molecule has 27 heavy (non-hydrogen) atoms. The first-order valence-electron chi connectivity index (χ1n) is 7.74. The summed E-state index contributed by atoms with van der Waals surface area (Å²) in [5.41, 5.74) is 1.17. The summed E-state index contributed by atoms with van der Waals surface area (Å²) in [5.74, 6) is -0.983. The Balaban J connectivity index is 2.03. The molecule has 9 heteroatoms. The molecule has 0 spiro atoms. The number of nitrogens with zero attached hydrogens (tertiary/aromatic N) is 3. The quantitative estimate of drug-likeness (QED) is 0.449. The summed E-state index contributed by atoms with van der Waals surface area (Å²) in [6, 6.07) is 9.71. The number of halogens is 1. The van der Waals surface area contributed by atoms with Gasteiger partial charge in [-0.2, -0.15) is 10.1 Å². The Morgan fingerprint density at radius 1 is 1.33 bits per heavy atom. The van der Waals surface area contributed by atoms with Crippen molar-refractivity contribution >= 4 is 45.0 Å². The van der Waals surface area contributed by atoms with Gasteiger partial charge in [0.25, 0.3) is 5.91 Å². The second kappa shape index (κ2) is 7.20. The molecule has 1 heterocycles. The van der Waals surface area contributed by atoms with Gasteiger partial charge in [-0.25, -0.2) is 0 Å². The van der Waals surface area contributed by atoms with E-state index in [-0.39, 0.29) is 17.2 Å². The minimum Gasteiger partial charge on any atom is -0.500 e. The number of carbonyl (C=O) groups excluding carboxylic acids is 1. The Kier molecular flexibility index (Phi) is 4.95. The van der Waals surface area contributed by atoms with E-state index in [2.05, 4.69) is 21.0 Å². The summed E-state index contributed by atoms with van der Waals surface area (Å²) < 4.78 is 5.79. The highest BCUT2D eigenvalue weighted by atomic mass is 79.9. The van der Waals surface area contributed by atoms with Gasteiger partial charge in [-0.15, -0.1) is 0 Å². The van der Waals surface area contributed by atoms with E-state index in [1.165, 1.54) is 30.3 Å². The summed E-state index contributed by atoms with van der Waals surface area (Å²) in [6.07, 6.45) is 1.48. The van der Waals surface area contributed by atoms with Crippen LogP contribution in [0.4, 0.5) is 11.4 Å². The predicted molar refractivity (Wildman–Crippen MR) is 104 cm³/mol. The molecule has 2 aromatic carbocycles. The number of phenols is 1. The zero-order chi connectivity index (χ0) is 19.7. The average Bonchev–Trinajstić information content (AvgIpc) is 2.91. The molecule has 0 fully saturated rings. The van der Waals surface area contributed by atoms with E-state index in [1.807, 2.05) is 6.07 Å². The SMILES string of the molecule is COc1cc(/C=C2/C(=O)N(c3cccc(Br)c3)N=C2C)cc([N+](=O)[O-])c1O. The zero-order valence-electron chi connectivity index (χ0n) is 14.3. The third kappa shape index (κ3) is 3.54. The van der Waals surface area contributed by atoms with Crippen molar-refractivity contribution in [2.45, 2.75) is 6.92 Å². The smallest absolute Gasteiger partial charge is 0.315 e. The van der Waals surface area contributed by atoms with Crippen LogP contribution in [-0.2, 0) is 4.79 Å². The lowest BCUT2D eigenvalue weighted by Crippen LogP contribution is -2.21. The molecule has 0 atom stereocenters. The molecule has 2 aromatic rings. The topological polar surface area (TPSA) is 105 Å². The number of hydrogen-bond acceptors (Lipinski definition) is 6. The Morgan fingerprint density at radius 3 is 2.70 bits per heavy atom. The molecule has 3 rings (SSSR count). The Labute approximate surface area is 162 Å². The Bertz CT molecular complexity index is 1020. The number of phenolic OH excluding ortho intramolecular Hbond substituents is 1. The largest absolute Gasteiger partial charge is 0.500 e. The van der Waals surface area contributed by atoms with Gasteiger partial charge in [0.2, 0.25) is 5.75 Å². The van der Waals surface area contributed by atoms with E-state index in [4.69, 9.17) is 4.74 Å². The molecular weight excluding hydrogens is 418 g/mol. The van der Waals surface area contributed by atoms with Crippen molar-refractivity contribution in [3.05, 3.63) is 62.1 Å². The van der Waals surface area contributed by atoms with Crippen LogP contribution in [0.15, 0.2) is 51.5 Å². The lowest BCUT2D eigenvalue weighted by Gasteiger charge is -2.12. The number of amides is 1. The number of aromatic hydroxyl groups is 1. The molecule has 1 N–H and O–H groups in total. The first kappa shape index (κ1) is 18.6. The summed E-state index contributed by atoms with van der Waals surface area (Å²) in [4.78, 5) is 23.2. The van der Waals surface area contributed by atoms with E-state index >= 15 is 0 Å². The van der Waals surface area contributed by atoms with Crippen molar-refractivity contribution in [3.8, 4) is 11.5 Å². The van der Waals surface area contributed by atoms with Crippen molar-refractivity contribution in [1.82, 2.24) is 0 Å². The molecular formula is C18H14BrN3O5. The first-order valence-corrected chi connectivity index (χ1v) is 8.54. The second-order valence-electron chi connectivity index (χ2n) is 5.69. The fraction of sp³-hybridized carbons (Fsp3) is 0.111. The van der Waals surface area contributed by atoms with Gasteiger partial charge in [-0.3, -0.25) is 14.9 Å². The summed E-state index contributed by atoms with van der Waals surface area (Å²) in [7, 11) is 1.29. The molecule has 0 saturated carbocycles. The van der Waals surface area contributed by atoms with Crippen molar-refractivity contribution in [3.63, 3.8) is 0 Å². The minimum absolute atomic E-state index is 0.0556. The Hall–Kier alpha value is -3.20. The summed E-state index contributed by atoms with van der Waals surface area (Å²) in [5, 5.41) is 26.6. The van der Waals surface area contributed by atoms with Crippen molar-refractivity contribution in [2.75, 3.05) is 12.1 Å². The standard InChI is InChI=1S/C18H14BrN3O5/c1-10-14(18(24)21(20-10)13-5-3-4-12(19)9-13)6-11-7-15(22(25)26)17(23)16(8-11)27-2/h3-9,23H,1-2H3/b14-6+. The summed E-state index contributed by atoms with van der Waals surface area (Å²) in [6.45, 7) is 1.67. The van der Waals surface area contributed by atoms with Crippen LogP contribution in [0.3, 0.4) is 0 Å². The van der Waals surface area contributed by atoms with E-state index in [0.717, 1.165) is 4.47 Å². The maximum Gasteiger partial charge on any atom is 0.315 e. The van der Waals surface area contributed by atoms with Gasteiger partial charge in [0.05, 0.1) is 29.0 Å². The van der Waals surface area contributed by atoms with Gasteiger partial charge in [0.15, 0.2) is 5.75 Å². The number of carbonyl (C=O) groups is 1. The number of nitro benzene ring substituents is 1. The van der Waals surface area contributed by atoms with Gasteiger partial charge in [0, 0.05) is 10.5 Å². The van der Waals surface area contributed by atoms with E-state index < -0.39 is 16.4 Å². The number of anilines is 1. The van der Waals surface area contributed by atoms with Gasteiger partial charge in [-0.05, 0) is 42.8 Å². The van der Waals surface area contributed by atoms with Crippen LogP contribution < -0.4 is 9.75 Å². The fourth-order valence-corrected chi connectivity index (χ4v) is 3.01. The molecule has 0 radical (unpaired) electrons. The van der Waals surface area contributed by atoms with Crippen molar-refractivity contribution in [1.29, 1.82) is 0 Å². The molecule has 138 valence electrons. The number of benzene rings is 2. The zero-order valence-corrected chi connectivity index (χ0v) is 15.9. The maximum absolute atomic E-state index is 12.8. The van der Waals surface area contributed by atoms with Crippen molar-refractivity contribution < 1.29 is 19.6 Å². The molecule has 1 aliphatic rings. The predicted octanol–water partition coefficient (Wildman–Crippen LogP) is 3.88. The van der Waals surface area contributed by atoms with Crippen molar-refractivity contribution in [2.24, 2.45) is 5.10 Å². The molecule has 0 aromatic heterocycles. The summed E-state index contributed by atoms with van der Waals surface area (Å²) >= 11 is 3.35. The number of ether oxygens (including phenoxy) is 1. The number of hydrazone groups is 1. The van der Waals surface area contributed by atoms with Crippen LogP contribution in [0.1, 0.15) is 12.5 Å².